The van der Waals surface area contributed by atoms with Gasteiger partial charge in [-0.25, -0.2) is 18.2 Å². The van der Waals surface area contributed by atoms with E-state index in [0.29, 0.717) is 18.7 Å². The summed E-state index contributed by atoms with van der Waals surface area (Å²) in [5.41, 5.74) is -1.17. The molecule has 4 amide bonds. The number of nitrogens with zero attached hydrogens (tertiary/aromatic N) is 2. The minimum absolute atomic E-state index is 0.0208. The van der Waals surface area contributed by atoms with E-state index >= 15 is 0 Å². The normalized spacial score (nSPS) is 20.9. The van der Waals surface area contributed by atoms with Gasteiger partial charge in [-0.3, -0.25) is 19.1 Å². The van der Waals surface area contributed by atoms with Crippen LogP contribution in [0.5, 0.6) is 5.88 Å². The summed E-state index contributed by atoms with van der Waals surface area (Å²) in [6.07, 6.45) is 3.54. The number of carbonyl (C=O) groups is 4. The lowest BCUT2D eigenvalue weighted by atomic mass is 9.85. The number of hydrogen-bond acceptors (Lipinski definition) is 9. The number of likely N-dealkylation sites (tertiary alicyclic amines) is 1. The Balaban J connectivity index is 1.47. The highest BCUT2D eigenvalue weighted by atomic mass is 32.2. The third-order valence-electron chi connectivity index (χ3n) is 9.46. The van der Waals surface area contributed by atoms with Crippen LogP contribution in [0, 0.1) is 5.41 Å². The van der Waals surface area contributed by atoms with Gasteiger partial charge in [0, 0.05) is 17.5 Å². The second-order valence-corrected chi connectivity index (χ2v) is 18.1. The number of rotatable bonds is 11. The van der Waals surface area contributed by atoms with E-state index in [1.807, 2.05) is 24.3 Å². The van der Waals surface area contributed by atoms with Crippen LogP contribution in [0.25, 0.3) is 10.8 Å². The molecular weight excluding hydrogens is 675 g/mol. The number of amides is 4. The molecule has 51 heavy (non-hydrogen) atoms. The van der Waals surface area contributed by atoms with E-state index < -0.39 is 73.8 Å². The van der Waals surface area contributed by atoms with Gasteiger partial charge < -0.3 is 25.0 Å². The number of fused-ring (bicyclic) bond motifs is 3. The van der Waals surface area contributed by atoms with Crippen LogP contribution in [-0.2, 0) is 42.0 Å². The Labute approximate surface area is 300 Å². The molecule has 1 saturated carbocycles. The molecule has 0 unspecified atom stereocenters. The van der Waals surface area contributed by atoms with E-state index in [-0.39, 0.29) is 19.4 Å². The highest BCUT2D eigenvalue weighted by Gasteiger charge is 2.49. The van der Waals surface area contributed by atoms with Crippen molar-refractivity contribution in [3.05, 3.63) is 48.2 Å². The van der Waals surface area contributed by atoms with Crippen molar-refractivity contribution in [2.45, 2.75) is 128 Å². The Bertz CT molecular complexity index is 1830. The molecule has 0 spiro atoms. The monoisotopic (exact) mass is 725 g/mol. The number of nitrogens with one attached hydrogen (secondary N) is 3. The number of alkyl carbamates (subject to hydrolysis) is 1. The van der Waals surface area contributed by atoms with Crippen LogP contribution in [0.3, 0.4) is 0 Å². The van der Waals surface area contributed by atoms with Crippen LogP contribution >= 0.6 is 0 Å². The van der Waals surface area contributed by atoms with Crippen molar-refractivity contribution in [2.75, 3.05) is 6.54 Å². The van der Waals surface area contributed by atoms with Crippen molar-refractivity contribution in [1.82, 2.24) is 25.2 Å². The first-order valence-electron chi connectivity index (χ1n) is 17.6. The average molecular weight is 726 g/mol. The van der Waals surface area contributed by atoms with Gasteiger partial charge in [-0.1, -0.05) is 45.0 Å². The smallest absolute Gasteiger partial charge is 0.408 e. The molecule has 1 aromatic heterocycles. The maximum Gasteiger partial charge on any atom is 0.408 e. The number of sulfonamides is 1. The Hall–Kier alpha value is -4.20. The predicted molar refractivity (Wildman–Crippen MR) is 192 cm³/mol. The molecule has 278 valence electrons. The second-order valence-electron chi connectivity index (χ2n) is 16.2. The molecule has 14 heteroatoms. The Morgan fingerprint density at radius 1 is 1.04 bits per heavy atom. The fourth-order valence-corrected chi connectivity index (χ4v) is 8.07. The van der Waals surface area contributed by atoms with Gasteiger partial charge >= 0.3 is 6.09 Å². The van der Waals surface area contributed by atoms with Gasteiger partial charge in [-0.15, -0.1) is 6.58 Å². The molecule has 2 aromatic rings. The first-order chi connectivity index (χ1) is 23.7. The summed E-state index contributed by atoms with van der Waals surface area (Å²) in [7, 11) is -3.91. The summed E-state index contributed by atoms with van der Waals surface area (Å²) >= 11 is 0. The average Bonchev–Trinajstić information content (AvgIpc) is 3.65. The van der Waals surface area contributed by atoms with Crippen molar-refractivity contribution in [3.8, 4) is 5.88 Å². The van der Waals surface area contributed by atoms with Gasteiger partial charge in [-0.05, 0) is 88.7 Å². The van der Waals surface area contributed by atoms with Gasteiger partial charge in [0.1, 0.15) is 29.3 Å². The summed E-state index contributed by atoms with van der Waals surface area (Å²) < 4.78 is 39.5. The van der Waals surface area contributed by atoms with Crippen LogP contribution in [0.4, 0.5) is 4.79 Å². The number of carbonyl (C=O) groups excluding carboxylic acids is 4. The number of pyridine rings is 1. The van der Waals surface area contributed by atoms with E-state index in [4.69, 9.17) is 14.5 Å². The molecule has 1 aromatic carbocycles. The highest BCUT2D eigenvalue weighted by molar-refractivity contribution is 7.91. The SMILES string of the molecule is C=CC[C@](C)(NC(=O)[C@H]1C[C@@H](Oc2nc3c(c4ccccc24)CCC3)CN1C(=O)[C@@H](NC(=O)OC(C)(C)C)C(C)(C)C)C(=O)NS(=O)(=O)C1CC1. The van der Waals surface area contributed by atoms with E-state index in [9.17, 15) is 27.6 Å². The standard InChI is InChI=1S/C37H51N5O8S/c1-9-19-37(8,33(45)41-51(47,48)23-17-18-23)40-30(43)28-20-22(49-31-26-14-11-10-13-24(26)25-15-12-16-27(25)38-31)21-42(28)32(44)29(35(2,3)4)39-34(46)50-36(5,6)7/h9-11,13-14,22-23,28-29H,1,12,15-21H2,2-8H3,(H,39,46)(H,40,43)(H,41,45)/t22-,28-,29-,37+/m1/s1. The van der Waals surface area contributed by atoms with Crippen molar-refractivity contribution in [3.63, 3.8) is 0 Å². The second kappa shape index (κ2) is 14.1. The zero-order valence-electron chi connectivity index (χ0n) is 30.6. The summed E-state index contributed by atoms with van der Waals surface area (Å²) in [4.78, 5) is 61.4. The third kappa shape index (κ3) is 8.65. The minimum atomic E-state index is -3.91. The molecule has 3 N–H and O–H groups in total. The van der Waals surface area contributed by atoms with E-state index in [1.165, 1.54) is 23.5 Å². The predicted octanol–water partition coefficient (Wildman–Crippen LogP) is 4.07. The topological polar surface area (TPSA) is 173 Å². The summed E-state index contributed by atoms with van der Waals surface area (Å²) in [5, 5.41) is 6.68. The zero-order valence-corrected chi connectivity index (χ0v) is 31.4. The van der Waals surface area contributed by atoms with Crippen LogP contribution in [0.1, 0.15) is 91.8 Å². The van der Waals surface area contributed by atoms with Crippen molar-refractivity contribution in [1.29, 1.82) is 0 Å². The van der Waals surface area contributed by atoms with Crippen molar-refractivity contribution < 1.29 is 37.1 Å². The van der Waals surface area contributed by atoms with E-state index in [2.05, 4.69) is 21.9 Å². The molecule has 2 heterocycles. The zero-order chi connectivity index (χ0) is 37.5. The van der Waals surface area contributed by atoms with Crippen LogP contribution in [0.15, 0.2) is 36.9 Å². The lowest BCUT2D eigenvalue weighted by molar-refractivity contribution is -0.143. The van der Waals surface area contributed by atoms with Crippen molar-refractivity contribution >= 4 is 44.6 Å². The van der Waals surface area contributed by atoms with Crippen molar-refractivity contribution in [2.24, 2.45) is 5.41 Å². The van der Waals surface area contributed by atoms with Gasteiger partial charge in [0.05, 0.1) is 11.8 Å². The number of hydrogen-bond donors (Lipinski definition) is 3. The lowest BCUT2D eigenvalue weighted by Gasteiger charge is -2.36. The van der Waals surface area contributed by atoms with Gasteiger partial charge in [0.15, 0.2) is 0 Å². The Morgan fingerprint density at radius 2 is 1.71 bits per heavy atom. The number of benzene rings is 1. The fourth-order valence-electron chi connectivity index (χ4n) is 6.67. The molecule has 2 fully saturated rings. The maximum atomic E-state index is 14.5. The maximum absolute atomic E-state index is 14.5. The summed E-state index contributed by atoms with van der Waals surface area (Å²) in [5.74, 6) is -1.73. The Morgan fingerprint density at radius 3 is 2.31 bits per heavy atom. The van der Waals surface area contributed by atoms with Gasteiger partial charge in [-0.2, -0.15) is 0 Å². The molecule has 2 aliphatic carbocycles. The highest BCUT2D eigenvalue weighted by Crippen LogP contribution is 2.36. The molecule has 3 aliphatic rings. The number of ether oxygens (including phenoxy) is 2. The number of aromatic nitrogens is 1. The third-order valence-corrected chi connectivity index (χ3v) is 11.3. The van der Waals surface area contributed by atoms with Crippen LogP contribution < -0.4 is 20.1 Å². The summed E-state index contributed by atoms with van der Waals surface area (Å²) in [6.45, 7) is 15.6. The minimum Gasteiger partial charge on any atom is -0.472 e. The van der Waals surface area contributed by atoms with Crippen LogP contribution in [0.2, 0.25) is 0 Å². The number of aryl methyl sites for hydroxylation is 2. The molecule has 4 atom stereocenters. The molecule has 13 nitrogen and oxygen atoms in total. The molecule has 5 rings (SSSR count). The molecule has 0 radical (unpaired) electrons. The van der Waals surface area contributed by atoms with E-state index in [1.54, 1.807) is 41.5 Å². The largest absolute Gasteiger partial charge is 0.472 e. The first kappa shape index (κ1) is 38.0. The van der Waals surface area contributed by atoms with Gasteiger partial charge in [0.2, 0.25) is 27.7 Å². The first-order valence-corrected chi connectivity index (χ1v) is 19.1. The molecular formula is C37H51N5O8S. The van der Waals surface area contributed by atoms with Crippen LogP contribution in [-0.4, -0.2) is 83.2 Å². The Kier molecular flexibility index (Phi) is 10.5. The summed E-state index contributed by atoms with van der Waals surface area (Å²) in [6, 6.07) is 5.60. The fraction of sp³-hybridized carbons (Fsp3) is 0.595. The molecule has 1 aliphatic heterocycles. The lowest BCUT2D eigenvalue weighted by Crippen LogP contribution is -2.62. The quantitative estimate of drug-likeness (QED) is 0.289. The van der Waals surface area contributed by atoms with E-state index in [0.717, 1.165) is 35.7 Å². The molecule has 0 bridgehead atoms. The van der Waals surface area contributed by atoms with Gasteiger partial charge in [0.25, 0.3) is 5.91 Å². The molecule has 1 saturated heterocycles.